The summed E-state index contributed by atoms with van der Waals surface area (Å²) >= 11 is 0. The Labute approximate surface area is 197 Å². The van der Waals surface area contributed by atoms with Crippen LogP contribution in [0.5, 0.6) is 0 Å². The van der Waals surface area contributed by atoms with Crippen molar-refractivity contribution < 1.29 is 14.7 Å². The maximum absolute atomic E-state index is 14.5. The third-order valence-electron chi connectivity index (χ3n) is 10.2. The highest BCUT2D eigenvalue weighted by atomic mass is 16.3. The van der Waals surface area contributed by atoms with Crippen molar-refractivity contribution in [3.05, 3.63) is 35.9 Å². The molecule has 6 saturated carbocycles. The van der Waals surface area contributed by atoms with Crippen LogP contribution in [-0.4, -0.2) is 35.5 Å². The number of Topliss-reactive ketones (excluding diaryl/α,β-unsaturated/α-hetero) is 1. The number of hydrogen-bond acceptors (Lipinski definition) is 4. The van der Waals surface area contributed by atoms with Crippen LogP contribution in [-0.2, 0) is 16.1 Å². The van der Waals surface area contributed by atoms with Crippen molar-refractivity contribution in [1.29, 1.82) is 0 Å². The topological polar surface area (TPSA) is 78.4 Å². The van der Waals surface area contributed by atoms with Gasteiger partial charge in [-0.25, -0.2) is 0 Å². The average Bonchev–Trinajstić information content (AvgIpc) is 3.32. The van der Waals surface area contributed by atoms with Crippen LogP contribution in [0, 0.1) is 40.4 Å². The Kier molecular flexibility index (Phi) is 4.88. The van der Waals surface area contributed by atoms with Gasteiger partial charge in [0.1, 0.15) is 0 Å². The summed E-state index contributed by atoms with van der Waals surface area (Å²) < 4.78 is 0. The molecule has 1 amide bonds. The van der Waals surface area contributed by atoms with Gasteiger partial charge >= 0.3 is 0 Å². The fraction of sp³-hybridized carbons (Fsp3) is 0.714. The smallest absolute Gasteiger partial charge is 0.223 e. The maximum Gasteiger partial charge on any atom is 0.223 e. The first kappa shape index (κ1) is 21.8. The summed E-state index contributed by atoms with van der Waals surface area (Å²) in [5, 5.41) is 18.0. The summed E-state index contributed by atoms with van der Waals surface area (Å²) in [5.74, 6) is 1.22. The molecule has 7 rings (SSSR count). The van der Waals surface area contributed by atoms with Crippen molar-refractivity contribution in [1.82, 2.24) is 10.6 Å². The van der Waals surface area contributed by atoms with Crippen molar-refractivity contribution in [2.24, 2.45) is 40.4 Å². The molecule has 0 saturated heterocycles. The molecule has 6 fully saturated rings. The van der Waals surface area contributed by atoms with E-state index in [0.29, 0.717) is 24.3 Å². The van der Waals surface area contributed by atoms with Crippen LogP contribution in [0.25, 0.3) is 0 Å². The molecule has 1 aromatic carbocycles. The molecule has 0 heterocycles. The third kappa shape index (κ3) is 3.49. The van der Waals surface area contributed by atoms with Gasteiger partial charge in [0.2, 0.25) is 5.91 Å². The first-order valence-electron chi connectivity index (χ1n) is 13.0. The van der Waals surface area contributed by atoms with Crippen LogP contribution >= 0.6 is 0 Å². The maximum atomic E-state index is 14.5. The molecule has 4 bridgehead atoms. The molecule has 6 aliphatic rings. The van der Waals surface area contributed by atoms with Gasteiger partial charge in [0.05, 0.1) is 11.6 Å². The van der Waals surface area contributed by atoms with Crippen molar-refractivity contribution in [2.75, 3.05) is 7.05 Å². The molecule has 5 nitrogen and oxygen atoms in total. The molecule has 33 heavy (non-hydrogen) atoms. The Bertz CT molecular complexity index is 947. The highest BCUT2D eigenvalue weighted by molar-refractivity contribution is 5.94. The number of carbonyl (C=O) groups is 2. The fourth-order valence-corrected chi connectivity index (χ4v) is 9.24. The van der Waals surface area contributed by atoms with Gasteiger partial charge in [-0.2, -0.15) is 0 Å². The molecule has 5 heteroatoms. The van der Waals surface area contributed by atoms with E-state index in [4.69, 9.17) is 0 Å². The van der Waals surface area contributed by atoms with Gasteiger partial charge in [-0.1, -0.05) is 37.3 Å². The Morgan fingerprint density at radius 1 is 1.06 bits per heavy atom. The molecule has 6 aliphatic carbocycles. The second-order valence-electron chi connectivity index (χ2n) is 12.7. The van der Waals surface area contributed by atoms with E-state index in [1.54, 1.807) is 7.05 Å². The van der Waals surface area contributed by atoms with Crippen LogP contribution in [0.15, 0.2) is 30.3 Å². The van der Waals surface area contributed by atoms with E-state index in [1.807, 2.05) is 18.2 Å². The van der Waals surface area contributed by atoms with E-state index in [0.717, 1.165) is 44.9 Å². The Balaban J connectivity index is 1.34. The molecule has 1 aromatic rings. The molecule has 0 radical (unpaired) electrons. The minimum Gasteiger partial charge on any atom is -0.390 e. The van der Waals surface area contributed by atoms with Gasteiger partial charge in [0.15, 0.2) is 5.78 Å². The fourth-order valence-electron chi connectivity index (χ4n) is 9.24. The number of hydrogen-bond donors (Lipinski definition) is 3. The lowest BCUT2D eigenvalue weighted by Gasteiger charge is -2.62. The number of rotatable bonds is 7. The molecule has 0 aromatic heterocycles. The Hall–Kier alpha value is -1.72. The van der Waals surface area contributed by atoms with Crippen molar-refractivity contribution in [3.63, 3.8) is 0 Å². The van der Waals surface area contributed by atoms with Crippen LogP contribution in [0.1, 0.15) is 63.9 Å². The zero-order valence-corrected chi connectivity index (χ0v) is 20.0. The number of benzene rings is 1. The monoisotopic (exact) mass is 450 g/mol. The highest BCUT2D eigenvalue weighted by Gasteiger charge is 2.68. The third-order valence-corrected chi connectivity index (χ3v) is 10.2. The van der Waals surface area contributed by atoms with Gasteiger partial charge in [0, 0.05) is 25.4 Å². The molecule has 3 N–H and O–H groups in total. The van der Waals surface area contributed by atoms with E-state index >= 15 is 0 Å². The van der Waals surface area contributed by atoms with Crippen LogP contribution in [0.3, 0.4) is 0 Å². The van der Waals surface area contributed by atoms with E-state index in [9.17, 15) is 14.7 Å². The number of aliphatic hydroxyl groups is 1. The number of ketones is 1. The Morgan fingerprint density at radius 2 is 1.76 bits per heavy atom. The largest absolute Gasteiger partial charge is 0.390 e. The summed E-state index contributed by atoms with van der Waals surface area (Å²) in [4.78, 5) is 27.3. The Morgan fingerprint density at radius 3 is 2.39 bits per heavy atom. The quantitative estimate of drug-likeness (QED) is 0.595. The van der Waals surface area contributed by atoms with E-state index in [-0.39, 0.29) is 40.4 Å². The minimum atomic E-state index is -0.610. The summed E-state index contributed by atoms with van der Waals surface area (Å²) in [7, 11) is 1.69. The van der Waals surface area contributed by atoms with E-state index in [1.165, 1.54) is 12.0 Å². The van der Waals surface area contributed by atoms with Crippen LogP contribution < -0.4 is 10.6 Å². The standard InChI is InChI=1S/C28H38N2O3/c1-26-13-20(25(32)29-2)22(21(26)14-26)23(31)24(30-15-17-6-4-3-5-7-17)27-9-18-8-19(10-27)12-28(33,11-18)16-27/h3-7,18-22,24,30,33H,8-16H2,1-2H3,(H,29,32). The molecule has 0 spiro atoms. The molecule has 7 unspecified atom stereocenters. The molecule has 0 aliphatic heterocycles. The molecule has 178 valence electrons. The summed E-state index contributed by atoms with van der Waals surface area (Å²) in [6.07, 6.45) is 7.67. The number of amides is 1. The van der Waals surface area contributed by atoms with Crippen molar-refractivity contribution in [2.45, 2.75) is 76.5 Å². The lowest BCUT2D eigenvalue weighted by Crippen LogP contribution is -2.64. The zero-order valence-electron chi connectivity index (χ0n) is 20.0. The van der Waals surface area contributed by atoms with E-state index in [2.05, 4.69) is 29.7 Å². The van der Waals surface area contributed by atoms with Gasteiger partial charge in [-0.3, -0.25) is 9.59 Å². The first-order chi connectivity index (χ1) is 15.7. The molecule has 7 atom stereocenters. The first-order valence-corrected chi connectivity index (χ1v) is 13.0. The zero-order chi connectivity index (χ0) is 23.0. The van der Waals surface area contributed by atoms with Gasteiger partial charge in [0.25, 0.3) is 0 Å². The van der Waals surface area contributed by atoms with Gasteiger partial charge in [-0.05, 0) is 85.5 Å². The van der Waals surface area contributed by atoms with Crippen molar-refractivity contribution in [3.8, 4) is 0 Å². The summed E-state index contributed by atoms with van der Waals surface area (Å²) in [6, 6.07) is 9.99. The lowest BCUT2D eigenvalue weighted by molar-refractivity contribution is -0.178. The van der Waals surface area contributed by atoms with Crippen LogP contribution in [0.4, 0.5) is 0 Å². The predicted octanol–water partition coefficient (Wildman–Crippen LogP) is 3.45. The van der Waals surface area contributed by atoms with E-state index < -0.39 is 5.60 Å². The highest BCUT2D eigenvalue weighted by Crippen LogP contribution is 2.69. The normalized spacial score (nSPS) is 45.5. The minimum absolute atomic E-state index is 0.0210. The van der Waals surface area contributed by atoms with Gasteiger partial charge in [-0.15, -0.1) is 0 Å². The summed E-state index contributed by atoms with van der Waals surface area (Å²) in [6.45, 7) is 2.90. The molecular formula is C28H38N2O3. The average molecular weight is 451 g/mol. The number of carbonyl (C=O) groups excluding carboxylic acids is 2. The second kappa shape index (κ2) is 7.39. The van der Waals surface area contributed by atoms with Crippen LogP contribution in [0.2, 0.25) is 0 Å². The summed E-state index contributed by atoms with van der Waals surface area (Å²) in [5.41, 5.74) is 0.512. The number of nitrogens with one attached hydrogen (secondary N) is 2. The molecular weight excluding hydrogens is 412 g/mol. The van der Waals surface area contributed by atoms with Crippen molar-refractivity contribution >= 4 is 11.7 Å². The number of fused-ring (bicyclic) bond motifs is 1. The predicted molar refractivity (Wildman–Crippen MR) is 126 cm³/mol. The second-order valence-corrected chi connectivity index (χ2v) is 12.7. The van der Waals surface area contributed by atoms with Gasteiger partial charge < -0.3 is 15.7 Å². The lowest BCUT2D eigenvalue weighted by atomic mass is 9.45. The SMILES string of the molecule is CNC(=O)C1CC2(C)CC2C1C(=O)C(NCc1ccccc1)C12CC3CC(CC(O)(C3)C1)C2.